The summed E-state index contributed by atoms with van der Waals surface area (Å²) < 4.78 is 13.3. The number of nitrogens with zero attached hydrogens (tertiary/aromatic N) is 1. The maximum Gasteiger partial charge on any atom is 0.255 e. The number of hydrogen-bond donors (Lipinski definition) is 1. The molecule has 0 unspecified atom stereocenters. The molecule has 94 valence electrons. The first kappa shape index (κ1) is 13.2. The van der Waals surface area contributed by atoms with E-state index in [0.29, 0.717) is 16.8 Å². The van der Waals surface area contributed by atoms with Gasteiger partial charge >= 0.3 is 0 Å². The van der Waals surface area contributed by atoms with Gasteiger partial charge in [-0.2, -0.15) is 5.26 Å². The van der Waals surface area contributed by atoms with Gasteiger partial charge in [-0.1, -0.05) is 6.07 Å². The second-order valence-electron chi connectivity index (χ2n) is 3.78. The van der Waals surface area contributed by atoms with Crippen LogP contribution in [-0.4, -0.2) is 5.91 Å². The van der Waals surface area contributed by atoms with Crippen LogP contribution in [0.25, 0.3) is 0 Å². The number of carbonyl (C=O) groups is 1. The predicted octanol–water partition coefficient (Wildman–Crippen LogP) is 3.71. The van der Waals surface area contributed by atoms with Crippen LogP contribution in [0.1, 0.15) is 15.9 Å². The lowest BCUT2D eigenvalue weighted by Gasteiger charge is -2.06. The summed E-state index contributed by atoms with van der Waals surface area (Å²) in [5.74, 6) is -0.793. The van der Waals surface area contributed by atoms with E-state index in [1.165, 1.54) is 18.2 Å². The van der Waals surface area contributed by atoms with Crippen LogP contribution < -0.4 is 5.32 Å². The molecule has 5 heteroatoms. The van der Waals surface area contributed by atoms with Gasteiger partial charge in [0, 0.05) is 11.3 Å². The zero-order chi connectivity index (χ0) is 13.8. The minimum absolute atomic E-state index is 0.228. The molecule has 0 bridgehead atoms. The van der Waals surface area contributed by atoms with Crippen molar-refractivity contribution in [3.63, 3.8) is 0 Å². The summed E-state index contributed by atoms with van der Waals surface area (Å²) in [6, 6.07) is 12.6. The number of nitrogens with one attached hydrogen (secondary N) is 1. The molecular weight excluding hydrogens is 311 g/mol. The van der Waals surface area contributed by atoms with Crippen molar-refractivity contribution in [3.05, 3.63) is 63.9 Å². The number of benzene rings is 2. The smallest absolute Gasteiger partial charge is 0.255 e. The van der Waals surface area contributed by atoms with E-state index in [4.69, 9.17) is 5.26 Å². The van der Waals surface area contributed by atoms with Crippen LogP contribution in [0.4, 0.5) is 10.1 Å². The third kappa shape index (κ3) is 3.18. The van der Waals surface area contributed by atoms with Gasteiger partial charge in [0.25, 0.3) is 5.91 Å². The number of anilines is 1. The number of nitriles is 1. The fourth-order valence-electron chi connectivity index (χ4n) is 1.51. The van der Waals surface area contributed by atoms with Crippen LogP contribution in [0.5, 0.6) is 0 Å². The normalized spacial score (nSPS) is 9.74. The minimum Gasteiger partial charge on any atom is -0.322 e. The van der Waals surface area contributed by atoms with Crippen LogP contribution in [0, 0.1) is 17.1 Å². The van der Waals surface area contributed by atoms with Crippen molar-refractivity contribution in [3.8, 4) is 6.07 Å². The van der Waals surface area contributed by atoms with Crippen molar-refractivity contribution in [2.45, 2.75) is 0 Å². The Morgan fingerprint density at radius 1 is 1.26 bits per heavy atom. The number of halogens is 2. The summed E-state index contributed by atoms with van der Waals surface area (Å²) in [5, 5.41) is 11.4. The number of amides is 1. The monoisotopic (exact) mass is 318 g/mol. The summed E-state index contributed by atoms with van der Waals surface area (Å²) in [7, 11) is 0. The molecule has 0 heterocycles. The third-order valence-electron chi connectivity index (χ3n) is 2.43. The summed E-state index contributed by atoms with van der Waals surface area (Å²) >= 11 is 3.02. The van der Waals surface area contributed by atoms with E-state index < -0.39 is 5.82 Å². The van der Waals surface area contributed by atoms with Crippen molar-refractivity contribution in [2.24, 2.45) is 0 Å². The SMILES string of the molecule is N#Cc1cccc(NC(=O)c2ccc(F)c(Br)c2)c1. The highest BCUT2D eigenvalue weighted by molar-refractivity contribution is 9.10. The molecule has 1 N–H and O–H groups in total. The highest BCUT2D eigenvalue weighted by Crippen LogP contribution is 2.18. The predicted molar refractivity (Wildman–Crippen MR) is 73.2 cm³/mol. The van der Waals surface area contributed by atoms with Gasteiger partial charge in [0.05, 0.1) is 16.1 Å². The van der Waals surface area contributed by atoms with Gasteiger partial charge in [-0.3, -0.25) is 4.79 Å². The number of rotatable bonds is 2. The van der Waals surface area contributed by atoms with Crippen LogP contribution in [0.15, 0.2) is 46.9 Å². The molecular formula is C14H8BrFN2O. The van der Waals surface area contributed by atoms with Gasteiger partial charge in [0.15, 0.2) is 0 Å². The second kappa shape index (κ2) is 5.63. The molecule has 19 heavy (non-hydrogen) atoms. The van der Waals surface area contributed by atoms with E-state index >= 15 is 0 Å². The number of carbonyl (C=O) groups excluding carboxylic acids is 1. The van der Waals surface area contributed by atoms with E-state index in [2.05, 4.69) is 21.2 Å². The molecule has 0 aliphatic rings. The van der Waals surface area contributed by atoms with Crippen LogP contribution in [-0.2, 0) is 0 Å². The molecule has 0 aliphatic heterocycles. The fraction of sp³-hybridized carbons (Fsp3) is 0. The first-order valence-corrected chi connectivity index (χ1v) is 6.16. The molecule has 2 aromatic carbocycles. The Kier molecular flexibility index (Phi) is 3.93. The zero-order valence-electron chi connectivity index (χ0n) is 9.65. The lowest BCUT2D eigenvalue weighted by atomic mass is 10.2. The summed E-state index contributed by atoms with van der Waals surface area (Å²) in [5.41, 5.74) is 1.30. The molecule has 2 aromatic rings. The average molecular weight is 319 g/mol. The van der Waals surface area contributed by atoms with Gasteiger partial charge in [-0.25, -0.2) is 4.39 Å². The first-order chi connectivity index (χ1) is 9.10. The zero-order valence-corrected chi connectivity index (χ0v) is 11.2. The van der Waals surface area contributed by atoms with Gasteiger partial charge in [-0.05, 0) is 52.3 Å². The quantitative estimate of drug-likeness (QED) is 0.917. The van der Waals surface area contributed by atoms with Gasteiger partial charge < -0.3 is 5.32 Å². The van der Waals surface area contributed by atoms with E-state index in [9.17, 15) is 9.18 Å². The highest BCUT2D eigenvalue weighted by Gasteiger charge is 2.09. The summed E-state index contributed by atoms with van der Waals surface area (Å²) in [6.45, 7) is 0. The highest BCUT2D eigenvalue weighted by atomic mass is 79.9. The largest absolute Gasteiger partial charge is 0.322 e. The van der Waals surface area contributed by atoms with E-state index in [1.807, 2.05) is 6.07 Å². The molecule has 0 saturated carbocycles. The fourth-order valence-corrected chi connectivity index (χ4v) is 1.89. The van der Waals surface area contributed by atoms with Crippen molar-refractivity contribution in [1.82, 2.24) is 0 Å². The molecule has 0 atom stereocenters. The van der Waals surface area contributed by atoms with E-state index in [1.54, 1.807) is 24.3 Å². The Hall–Kier alpha value is -2.19. The van der Waals surface area contributed by atoms with Gasteiger partial charge in [-0.15, -0.1) is 0 Å². The average Bonchev–Trinajstić information content (AvgIpc) is 2.42. The lowest BCUT2D eigenvalue weighted by Crippen LogP contribution is -2.12. The molecule has 0 saturated heterocycles. The van der Waals surface area contributed by atoms with E-state index in [-0.39, 0.29) is 10.4 Å². The Labute approximate surface area is 117 Å². The Morgan fingerprint density at radius 2 is 2.05 bits per heavy atom. The van der Waals surface area contributed by atoms with Crippen molar-refractivity contribution in [1.29, 1.82) is 5.26 Å². The maximum absolute atomic E-state index is 13.1. The lowest BCUT2D eigenvalue weighted by molar-refractivity contribution is 0.102. The second-order valence-corrected chi connectivity index (χ2v) is 4.63. The Bertz CT molecular complexity index is 679. The molecule has 1 amide bonds. The van der Waals surface area contributed by atoms with Gasteiger partial charge in [0.1, 0.15) is 5.82 Å². The maximum atomic E-state index is 13.1. The topological polar surface area (TPSA) is 52.9 Å². The third-order valence-corrected chi connectivity index (χ3v) is 3.04. The molecule has 0 fully saturated rings. The van der Waals surface area contributed by atoms with Crippen LogP contribution in [0.3, 0.4) is 0 Å². The molecule has 2 rings (SSSR count). The van der Waals surface area contributed by atoms with Crippen molar-refractivity contribution in [2.75, 3.05) is 5.32 Å². The standard InChI is InChI=1S/C14H8BrFN2O/c15-12-7-10(4-5-13(12)16)14(19)18-11-3-1-2-9(6-11)8-17/h1-7H,(H,18,19). The minimum atomic E-state index is -0.428. The molecule has 0 radical (unpaired) electrons. The summed E-state index contributed by atoms with van der Waals surface area (Å²) in [6.07, 6.45) is 0. The van der Waals surface area contributed by atoms with Crippen molar-refractivity contribution < 1.29 is 9.18 Å². The molecule has 0 aromatic heterocycles. The molecule has 0 aliphatic carbocycles. The molecule has 0 spiro atoms. The van der Waals surface area contributed by atoms with Gasteiger partial charge in [0.2, 0.25) is 0 Å². The Morgan fingerprint density at radius 3 is 2.74 bits per heavy atom. The summed E-state index contributed by atoms with van der Waals surface area (Å²) in [4.78, 5) is 11.9. The van der Waals surface area contributed by atoms with Crippen molar-refractivity contribution >= 4 is 27.5 Å². The van der Waals surface area contributed by atoms with Crippen LogP contribution in [0.2, 0.25) is 0 Å². The molecule has 3 nitrogen and oxygen atoms in total. The Balaban J connectivity index is 2.21. The first-order valence-electron chi connectivity index (χ1n) is 5.37. The number of hydrogen-bond acceptors (Lipinski definition) is 2. The van der Waals surface area contributed by atoms with Crippen LogP contribution >= 0.6 is 15.9 Å². The van der Waals surface area contributed by atoms with E-state index in [0.717, 1.165) is 0 Å².